The molecule has 2 unspecified atom stereocenters. The van der Waals surface area contributed by atoms with Crippen LogP contribution in [0.15, 0.2) is 16.6 Å². The first-order valence-electron chi connectivity index (χ1n) is 7.02. The second kappa shape index (κ2) is 5.64. The molecule has 0 N–H and O–H groups in total. The summed E-state index contributed by atoms with van der Waals surface area (Å²) < 4.78 is 16.4. The molecule has 0 spiro atoms. The number of aromatic nitrogens is 2. The van der Waals surface area contributed by atoms with Crippen LogP contribution >= 0.6 is 27.5 Å². The van der Waals surface area contributed by atoms with E-state index in [-0.39, 0.29) is 5.82 Å². The Morgan fingerprint density at radius 1 is 1.45 bits per heavy atom. The third-order valence-electron chi connectivity index (χ3n) is 4.20. The molecular formula is C15H17BrClFN2. The monoisotopic (exact) mass is 358 g/mol. The lowest BCUT2D eigenvalue weighted by molar-refractivity contribution is 0.283. The van der Waals surface area contributed by atoms with Crippen LogP contribution in [0.2, 0.25) is 0 Å². The van der Waals surface area contributed by atoms with Gasteiger partial charge in [-0.1, -0.05) is 19.8 Å². The number of fused-ring (bicyclic) bond motifs is 1. The molecule has 2 aromatic rings. The molecule has 0 aliphatic heterocycles. The lowest BCUT2D eigenvalue weighted by Crippen LogP contribution is -2.19. The smallest absolute Gasteiger partial charge is 0.139 e. The molecule has 2 atom stereocenters. The topological polar surface area (TPSA) is 17.8 Å². The molecule has 108 valence electrons. The van der Waals surface area contributed by atoms with E-state index in [1.807, 2.05) is 6.07 Å². The average Bonchev–Trinajstić information content (AvgIpc) is 2.77. The molecule has 0 saturated heterocycles. The third-order valence-corrected chi connectivity index (χ3v) is 5.04. The number of hydrogen-bond acceptors (Lipinski definition) is 1. The zero-order valence-electron chi connectivity index (χ0n) is 11.4. The summed E-state index contributed by atoms with van der Waals surface area (Å²) in [6.45, 7) is 2.29. The van der Waals surface area contributed by atoms with Gasteiger partial charge in [0.1, 0.15) is 11.6 Å². The molecule has 1 aliphatic carbocycles. The van der Waals surface area contributed by atoms with Gasteiger partial charge in [0.2, 0.25) is 0 Å². The van der Waals surface area contributed by atoms with Gasteiger partial charge in [-0.25, -0.2) is 9.37 Å². The van der Waals surface area contributed by atoms with Crippen LogP contribution in [0.4, 0.5) is 4.39 Å². The molecule has 20 heavy (non-hydrogen) atoms. The van der Waals surface area contributed by atoms with Gasteiger partial charge in [-0.2, -0.15) is 0 Å². The first-order chi connectivity index (χ1) is 9.60. The summed E-state index contributed by atoms with van der Waals surface area (Å²) in [4.78, 5) is 4.50. The van der Waals surface area contributed by atoms with Crippen molar-refractivity contribution in [3.8, 4) is 0 Å². The highest BCUT2D eigenvalue weighted by Crippen LogP contribution is 2.36. The quantitative estimate of drug-likeness (QED) is 0.654. The second-order valence-electron chi connectivity index (χ2n) is 5.71. The van der Waals surface area contributed by atoms with E-state index < -0.39 is 0 Å². The van der Waals surface area contributed by atoms with Gasteiger partial charge in [0, 0.05) is 12.1 Å². The van der Waals surface area contributed by atoms with Crippen molar-refractivity contribution in [1.82, 2.24) is 9.55 Å². The van der Waals surface area contributed by atoms with E-state index in [4.69, 9.17) is 11.6 Å². The Kier molecular flexibility index (Phi) is 4.04. The molecule has 1 fully saturated rings. The molecule has 5 heteroatoms. The highest BCUT2D eigenvalue weighted by atomic mass is 79.9. The van der Waals surface area contributed by atoms with Crippen molar-refractivity contribution < 1.29 is 4.39 Å². The Balaban J connectivity index is 2.14. The van der Waals surface area contributed by atoms with Crippen molar-refractivity contribution in [2.24, 2.45) is 5.92 Å². The minimum absolute atomic E-state index is 0.278. The van der Waals surface area contributed by atoms with E-state index in [9.17, 15) is 4.39 Å². The molecule has 0 amide bonds. The van der Waals surface area contributed by atoms with Crippen LogP contribution in [0.1, 0.15) is 44.5 Å². The molecule has 0 radical (unpaired) electrons. The van der Waals surface area contributed by atoms with E-state index in [1.54, 1.807) is 0 Å². The van der Waals surface area contributed by atoms with Crippen molar-refractivity contribution in [2.75, 3.05) is 0 Å². The predicted molar refractivity (Wildman–Crippen MR) is 83.6 cm³/mol. The van der Waals surface area contributed by atoms with E-state index in [2.05, 4.69) is 32.4 Å². The van der Waals surface area contributed by atoms with Gasteiger partial charge < -0.3 is 4.57 Å². The van der Waals surface area contributed by atoms with Crippen molar-refractivity contribution in [2.45, 2.75) is 44.5 Å². The predicted octanol–water partition coefficient (Wildman–Crippen LogP) is 5.43. The van der Waals surface area contributed by atoms with Crippen molar-refractivity contribution in [3.63, 3.8) is 0 Å². The van der Waals surface area contributed by atoms with Gasteiger partial charge in [0.05, 0.1) is 21.4 Å². The average molecular weight is 360 g/mol. The number of alkyl halides is 1. The Morgan fingerprint density at radius 2 is 2.25 bits per heavy atom. The molecule has 1 saturated carbocycles. The summed E-state index contributed by atoms with van der Waals surface area (Å²) in [5, 5.41) is 0. The molecular weight excluding hydrogens is 343 g/mol. The van der Waals surface area contributed by atoms with Crippen molar-refractivity contribution >= 4 is 38.6 Å². The van der Waals surface area contributed by atoms with E-state index in [0.29, 0.717) is 21.9 Å². The van der Waals surface area contributed by atoms with Crippen LogP contribution in [0.5, 0.6) is 0 Å². The minimum Gasteiger partial charge on any atom is -0.324 e. The van der Waals surface area contributed by atoms with Crippen LogP contribution in [0.3, 0.4) is 0 Å². The fourth-order valence-corrected chi connectivity index (χ4v) is 3.80. The summed E-state index contributed by atoms with van der Waals surface area (Å²) in [7, 11) is 0. The van der Waals surface area contributed by atoms with Crippen LogP contribution in [0.25, 0.3) is 11.0 Å². The van der Waals surface area contributed by atoms with Gasteiger partial charge in [-0.15, -0.1) is 11.6 Å². The second-order valence-corrected chi connectivity index (χ2v) is 6.83. The molecule has 3 rings (SSSR count). The number of imidazole rings is 1. The number of halogens is 3. The summed E-state index contributed by atoms with van der Waals surface area (Å²) in [6, 6.07) is 3.74. The fourth-order valence-electron chi connectivity index (χ4n) is 3.28. The largest absolute Gasteiger partial charge is 0.324 e. The summed E-state index contributed by atoms with van der Waals surface area (Å²) >= 11 is 9.32. The SMILES string of the molecule is CC1CCCC(n2c(CCl)nc3cc(F)c(Br)cc32)C1. The Labute approximate surface area is 131 Å². The first kappa shape index (κ1) is 14.3. The van der Waals surface area contributed by atoms with E-state index in [0.717, 1.165) is 30.1 Å². The van der Waals surface area contributed by atoms with Crippen LogP contribution < -0.4 is 0 Å². The first-order valence-corrected chi connectivity index (χ1v) is 8.34. The van der Waals surface area contributed by atoms with Gasteiger partial charge in [-0.05, 0) is 40.8 Å². The van der Waals surface area contributed by atoms with Gasteiger partial charge in [0.25, 0.3) is 0 Å². The maximum atomic E-state index is 13.7. The van der Waals surface area contributed by atoms with Gasteiger partial charge in [-0.3, -0.25) is 0 Å². The van der Waals surface area contributed by atoms with Gasteiger partial charge >= 0.3 is 0 Å². The number of rotatable bonds is 2. The summed E-state index contributed by atoms with van der Waals surface area (Å²) in [5.41, 5.74) is 1.67. The maximum absolute atomic E-state index is 13.7. The zero-order chi connectivity index (χ0) is 14.3. The zero-order valence-corrected chi connectivity index (χ0v) is 13.7. The molecule has 1 heterocycles. The van der Waals surface area contributed by atoms with Crippen molar-refractivity contribution in [3.05, 3.63) is 28.2 Å². The van der Waals surface area contributed by atoms with E-state index in [1.165, 1.54) is 18.9 Å². The van der Waals surface area contributed by atoms with Crippen LogP contribution in [-0.2, 0) is 5.88 Å². The Morgan fingerprint density at radius 3 is 2.95 bits per heavy atom. The molecule has 1 aliphatic rings. The fraction of sp³-hybridized carbons (Fsp3) is 0.533. The summed E-state index contributed by atoms with van der Waals surface area (Å²) in [6.07, 6.45) is 4.81. The maximum Gasteiger partial charge on any atom is 0.139 e. The molecule has 0 bridgehead atoms. The van der Waals surface area contributed by atoms with Crippen LogP contribution in [-0.4, -0.2) is 9.55 Å². The minimum atomic E-state index is -0.278. The highest BCUT2D eigenvalue weighted by molar-refractivity contribution is 9.10. The molecule has 1 aromatic carbocycles. The summed E-state index contributed by atoms with van der Waals surface area (Å²) in [5.74, 6) is 1.65. The molecule has 1 aromatic heterocycles. The van der Waals surface area contributed by atoms with Crippen molar-refractivity contribution in [1.29, 1.82) is 0 Å². The highest BCUT2D eigenvalue weighted by Gasteiger charge is 2.24. The normalized spacial score (nSPS) is 23.4. The van der Waals surface area contributed by atoms with Gasteiger partial charge in [0.15, 0.2) is 0 Å². The standard InChI is InChI=1S/C15H17BrClFN2/c1-9-3-2-4-10(5-9)20-14-6-11(16)12(18)7-13(14)19-15(20)8-17/h6-7,9-10H,2-5,8H2,1H3. The lowest BCUT2D eigenvalue weighted by Gasteiger charge is -2.29. The lowest BCUT2D eigenvalue weighted by atomic mass is 9.87. The number of benzene rings is 1. The molecule has 2 nitrogen and oxygen atoms in total. The number of hydrogen-bond donors (Lipinski definition) is 0. The Bertz CT molecular complexity index is 640. The third kappa shape index (κ3) is 2.48. The van der Waals surface area contributed by atoms with E-state index >= 15 is 0 Å². The van der Waals surface area contributed by atoms with Crippen LogP contribution in [0, 0.1) is 11.7 Å². The number of nitrogens with zero attached hydrogens (tertiary/aromatic N) is 2. The Hall–Kier alpha value is -0.610.